The molecule has 1 aromatic rings. The van der Waals surface area contributed by atoms with Crippen LogP contribution in [-0.2, 0) is 20.9 Å². The number of imide groups is 1. The van der Waals surface area contributed by atoms with Crippen molar-refractivity contribution >= 4 is 17.9 Å². The number of nitrogens with one attached hydrogen (secondary N) is 1. The van der Waals surface area contributed by atoms with Crippen LogP contribution in [0.15, 0.2) is 53.8 Å². The van der Waals surface area contributed by atoms with Gasteiger partial charge < -0.3 is 10.1 Å². The minimum atomic E-state index is -0.803. The zero-order valence-electron chi connectivity index (χ0n) is 16.5. The lowest BCUT2D eigenvalue weighted by Gasteiger charge is -2.40. The average molecular weight is 395 g/mol. The Morgan fingerprint density at radius 3 is 2.48 bits per heavy atom. The van der Waals surface area contributed by atoms with Gasteiger partial charge in [-0.15, -0.1) is 0 Å². The van der Waals surface area contributed by atoms with Gasteiger partial charge in [0, 0.05) is 18.3 Å². The Bertz CT molecular complexity index is 885. The number of amides is 3. The Morgan fingerprint density at radius 1 is 1.10 bits per heavy atom. The molecule has 1 aliphatic carbocycles. The lowest BCUT2D eigenvalue weighted by atomic mass is 9.85. The third kappa shape index (κ3) is 3.46. The van der Waals surface area contributed by atoms with Crippen molar-refractivity contribution < 1.29 is 19.1 Å². The first-order valence-corrected chi connectivity index (χ1v) is 9.97. The summed E-state index contributed by atoms with van der Waals surface area (Å²) < 4.78 is 5.41. The number of piperidine rings is 1. The third-order valence-electron chi connectivity index (χ3n) is 5.93. The molecule has 0 unspecified atom stereocenters. The van der Waals surface area contributed by atoms with E-state index in [1.165, 1.54) is 4.90 Å². The van der Waals surface area contributed by atoms with Crippen molar-refractivity contribution in [1.82, 2.24) is 15.1 Å². The van der Waals surface area contributed by atoms with Crippen LogP contribution >= 0.6 is 0 Å². The number of ether oxygens (including phenoxy) is 1. The first kappa shape index (κ1) is 19.4. The van der Waals surface area contributed by atoms with E-state index in [0.717, 1.165) is 11.3 Å². The molecular weight excluding hydrogens is 370 g/mol. The first-order valence-electron chi connectivity index (χ1n) is 9.97. The van der Waals surface area contributed by atoms with Crippen LogP contribution in [0, 0.1) is 0 Å². The van der Waals surface area contributed by atoms with Crippen molar-refractivity contribution in [1.29, 1.82) is 0 Å². The van der Waals surface area contributed by atoms with Crippen LogP contribution in [0.2, 0.25) is 0 Å². The fraction of sp³-hybridized carbons (Fsp3) is 0.409. The van der Waals surface area contributed by atoms with Gasteiger partial charge in [-0.25, -0.2) is 9.59 Å². The topological polar surface area (TPSA) is 79.0 Å². The maximum Gasteiger partial charge on any atom is 0.334 e. The summed E-state index contributed by atoms with van der Waals surface area (Å²) in [6, 6.07) is 9.25. The average Bonchev–Trinajstić information content (AvgIpc) is 2.94. The van der Waals surface area contributed by atoms with Gasteiger partial charge in [0.05, 0.1) is 0 Å². The summed E-state index contributed by atoms with van der Waals surface area (Å²) in [5.41, 5.74) is 1.50. The van der Waals surface area contributed by atoms with Crippen LogP contribution < -0.4 is 5.32 Å². The van der Waals surface area contributed by atoms with Crippen molar-refractivity contribution in [3.05, 3.63) is 59.3 Å². The summed E-state index contributed by atoms with van der Waals surface area (Å²) in [7, 11) is 1.54. The molecule has 0 atom stereocenters. The molecule has 0 bridgehead atoms. The van der Waals surface area contributed by atoms with Crippen molar-refractivity contribution in [2.45, 2.75) is 37.8 Å². The van der Waals surface area contributed by atoms with Crippen molar-refractivity contribution in [3.8, 4) is 0 Å². The zero-order valence-corrected chi connectivity index (χ0v) is 16.5. The van der Waals surface area contributed by atoms with Crippen LogP contribution in [0.4, 0.5) is 4.79 Å². The van der Waals surface area contributed by atoms with Gasteiger partial charge in [-0.3, -0.25) is 14.6 Å². The van der Waals surface area contributed by atoms with Crippen molar-refractivity contribution in [2.75, 3.05) is 20.1 Å². The quantitative estimate of drug-likeness (QED) is 0.625. The minimum Gasteiger partial charge on any atom is -0.457 e. The summed E-state index contributed by atoms with van der Waals surface area (Å²) in [6.07, 6.45) is 5.70. The predicted octanol–water partition coefficient (Wildman–Crippen LogP) is 2.35. The predicted molar refractivity (Wildman–Crippen MR) is 106 cm³/mol. The molecule has 2 aliphatic heterocycles. The van der Waals surface area contributed by atoms with Gasteiger partial charge in [0.15, 0.2) is 0 Å². The highest BCUT2D eigenvalue weighted by Gasteiger charge is 2.57. The van der Waals surface area contributed by atoms with E-state index in [0.29, 0.717) is 44.3 Å². The summed E-state index contributed by atoms with van der Waals surface area (Å²) in [4.78, 5) is 41.0. The standard InChI is InChI=1S/C22H25N3O4/c1-24-20(27)22(11-13-23-14-12-22)25(21(24)28)18-9-7-17(8-10-18)19(26)29-15-16-5-3-2-4-6-16/h2-7,9,23H,8,10-15H2,1H3. The molecule has 3 aliphatic rings. The van der Waals surface area contributed by atoms with E-state index in [1.807, 2.05) is 30.3 Å². The fourth-order valence-corrected chi connectivity index (χ4v) is 4.30. The molecule has 7 nitrogen and oxygen atoms in total. The maximum absolute atomic E-state index is 12.9. The lowest BCUT2D eigenvalue weighted by Crippen LogP contribution is -2.55. The fourth-order valence-electron chi connectivity index (χ4n) is 4.30. The maximum atomic E-state index is 12.9. The highest BCUT2D eigenvalue weighted by atomic mass is 16.5. The largest absolute Gasteiger partial charge is 0.457 e. The highest BCUT2D eigenvalue weighted by molar-refractivity contribution is 6.07. The van der Waals surface area contributed by atoms with Crippen molar-refractivity contribution in [2.24, 2.45) is 0 Å². The molecular formula is C22H25N3O4. The molecule has 0 radical (unpaired) electrons. The van der Waals surface area contributed by atoms with E-state index >= 15 is 0 Å². The van der Waals surface area contributed by atoms with E-state index in [4.69, 9.17) is 4.74 Å². The number of allylic oxidation sites excluding steroid dienone is 3. The normalized spacial score (nSPS) is 21.3. The van der Waals surface area contributed by atoms with E-state index in [-0.39, 0.29) is 24.5 Å². The molecule has 2 heterocycles. The SMILES string of the molecule is CN1C(=O)N(C2=CC=C(C(=O)OCc3ccccc3)CC2)C2(CCNCC2)C1=O. The van der Waals surface area contributed by atoms with E-state index in [9.17, 15) is 14.4 Å². The number of rotatable bonds is 4. The van der Waals surface area contributed by atoms with Crippen LogP contribution in [0.3, 0.4) is 0 Å². The van der Waals surface area contributed by atoms with Crippen LogP contribution in [-0.4, -0.2) is 53.4 Å². The van der Waals surface area contributed by atoms with E-state index in [2.05, 4.69) is 5.32 Å². The smallest absolute Gasteiger partial charge is 0.334 e. The van der Waals surface area contributed by atoms with Gasteiger partial charge >= 0.3 is 12.0 Å². The van der Waals surface area contributed by atoms with Gasteiger partial charge in [0.25, 0.3) is 5.91 Å². The van der Waals surface area contributed by atoms with Gasteiger partial charge in [-0.1, -0.05) is 36.4 Å². The number of hydrogen-bond acceptors (Lipinski definition) is 5. The second-order valence-electron chi connectivity index (χ2n) is 7.68. The molecule has 1 N–H and O–H groups in total. The molecule has 1 aromatic carbocycles. The molecule has 0 saturated carbocycles. The van der Waals surface area contributed by atoms with E-state index < -0.39 is 5.54 Å². The molecule has 29 heavy (non-hydrogen) atoms. The number of nitrogens with zero attached hydrogens (tertiary/aromatic N) is 2. The number of benzene rings is 1. The van der Waals surface area contributed by atoms with Crippen molar-refractivity contribution in [3.63, 3.8) is 0 Å². The van der Waals surface area contributed by atoms with Gasteiger partial charge in [0.2, 0.25) is 0 Å². The number of urea groups is 1. The molecule has 4 rings (SSSR count). The number of likely N-dealkylation sites (N-methyl/N-ethyl adjacent to an activating group) is 1. The second-order valence-corrected chi connectivity index (χ2v) is 7.68. The summed E-state index contributed by atoms with van der Waals surface area (Å²) in [6.45, 7) is 1.63. The third-order valence-corrected chi connectivity index (χ3v) is 5.93. The summed E-state index contributed by atoms with van der Waals surface area (Å²) in [5.74, 6) is -0.483. The number of esters is 1. The zero-order chi connectivity index (χ0) is 20.4. The Hall–Kier alpha value is -2.93. The van der Waals surface area contributed by atoms with Crippen LogP contribution in [0.25, 0.3) is 0 Å². The highest BCUT2D eigenvalue weighted by Crippen LogP contribution is 2.40. The second kappa shape index (κ2) is 7.83. The molecule has 152 valence electrons. The number of carbonyl (C=O) groups is 3. The molecule has 2 fully saturated rings. The summed E-state index contributed by atoms with van der Waals surface area (Å²) >= 11 is 0. The molecule has 3 amide bonds. The van der Waals surface area contributed by atoms with Crippen LogP contribution in [0.1, 0.15) is 31.2 Å². The lowest BCUT2D eigenvalue weighted by molar-refractivity contribution is -0.140. The summed E-state index contributed by atoms with van der Waals surface area (Å²) in [5, 5.41) is 3.26. The van der Waals surface area contributed by atoms with Crippen LogP contribution in [0.5, 0.6) is 0 Å². The van der Waals surface area contributed by atoms with Gasteiger partial charge in [-0.2, -0.15) is 0 Å². The molecule has 2 saturated heterocycles. The Balaban J connectivity index is 1.50. The number of carbonyl (C=O) groups excluding carboxylic acids is 3. The molecule has 7 heteroatoms. The minimum absolute atomic E-state index is 0.137. The van der Waals surface area contributed by atoms with E-state index in [1.54, 1.807) is 24.1 Å². The van der Waals surface area contributed by atoms with Gasteiger partial charge in [-0.05, 0) is 50.4 Å². The monoisotopic (exact) mass is 395 g/mol. The molecule has 1 spiro atoms. The molecule has 0 aromatic heterocycles. The first-order chi connectivity index (χ1) is 14.0. The Kier molecular flexibility index (Phi) is 5.24. The Morgan fingerprint density at radius 2 is 1.83 bits per heavy atom. The Labute approximate surface area is 170 Å². The number of hydrogen-bond donors (Lipinski definition) is 1. The van der Waals surface area contributed by atoms with Gasteiger partial charge in [0.1, 0.15) is 12.1 Å².